The normalized spacial score (nSPS) is 22.1. The van der Waals surface area contributed by atoms with Crippen LogP contribution in [0.1, 0.15) is 0 Å². The van der Waals surface area contributed by atoms with Gasteiger partial charge < -0.3 is 23.9 Å². The molecule has 1 saturated heterocycles. The molecule has 0 saturated carbocycles. The van der Waals surface area contributed by atoms with E-state index in [9.17, 15) is 0 Å². The molecular formula is C14H16N2O4. The Hall–Kier alpha value is -1.89. The summed E-state index contributed by atoms with van der Waals surface area (Å²) in [4.78, 5) is 4.03. The van der Waals surface area contributed by atoms with E-state index in [4.69, 9.17) is 19.3 Å². The Balaban J connectivity index is 1.66. The SMILES string of the molecule is OCC1OCC(COc2ccccc2-n2ccnc2)O1. The number of aliphatic hydroxyl groups is 1. The van der Waals surface area contributed by atoms with Gasteiger partial charge in [0.1, 0.15) is 18.5 Å². The van der Waals surface area contributed by atoms with Crippen molar-refractivity contribution in [3.63, 3.8) is 0 Å². The lowest BCUT2D eigenvalue weighted by atomic mass is 10.3. The van der Waals surface area contributed by atoms with Crippen LogP contribution >= 0.6 is 0 Å². The number of aromatic nitrogens is 2. The molecule has 3 rings (SSSR count). The van der Waals surface area contributed by atoms with Gasteiger partial charge in [-0.1, -0.05) is 12.1 Å². The van der Waals surface area contributed by atoms with Crippen LogP contribution in [0.4, 0.5) is 0 Å². The van der Waals surface area contributed by atoms with Crippen molar-refractivity contribution in [2.24, 2.45) is 0 Å². The number of benzene rings is 1. The number of ether oxygens (including phenoxy) is 3. The molecule has 2 heterocycles. The van der Waals surface area contributed by atoms with Gasteiger partial charge in [0.05, 0.1) is 25.2 Å². The van der Waals surface area contributed by atoms with E-state index in [0.717, 1.165) is 11.4 Å². The van der Waals surface area contributed by atoms with Crippen LogP contribution in [-0.2, 0) is 9.47 Å². The van der Waals surface area contributed by atoms with Gasteiger partial charge in [-0.05, 0) is 12.1 Å². The zero-order valence-electron chi connectivity index (χ0n) is 10.9. The van der Waals surface area contributed by atoms with Crippen LogP contribution < -0.4 is 4.74 Å². The Labute approximate surface area is 116 Å². The molecule has 2 atom stereocenters. The fraction of sp³-hybridized carbons (Fsp3) is 0.357. The maximum atomic E-state index is 8.94. The molecule has 1 aromatic heterocycles. The van der Waals surface area contributed by atoms with Gasteiger partial charge in [-0.15, -0.1) is 0 Å². The molecule has 0 bridgehead atoms. The quantitative estimate of drug-likeness (QED) is 0.882. The highest BCUT2D eigenvalue weighted by atomic mass is 16.7. The zero-order valence-corrected chi connectivity index (χ0v) is 10.9. The minimum atomic E-state index is -0.535. The summed E-state index contributed by atoms with van der Waals surface area (Å²) in [6.07, 6.45) is 4.60. The number of hydrogen-bond donors (Lipinski definition) is 1. The molecule has 0 radical (unpaired) electrons. The second kappa shape index (κ2) is 6.04. The summed E-state index contributed by atoms with van der Waals surface area (Å²) in [6.45, 7) is 0.669. The Morgan fingerprint density at radius 2 is 2.30 bits per heavy atom. The largest absolute Gasteiger partial charge is 0.489 e. The highest BCUT2D eigenvalue weighted by Crippen LogP contribution is 2.23. The maximum absolute atomic E-state index is 8.94. The van der Waals surface area contributed by atoms with E-state index >= 15 is 0 Å². The first-order valence-corrected chi connectivity index (χ1v) is 6.45. The van der Waals surface area contributed by atoms with Crippen LogP contribution in [-0.4, -0.2) is 46.9 Å². The van der Waals surface area contributed by atoms with Crippen molar-refractivity contribution in [3.05, 3.63) is 43.0 Å². The van der Waals surface area contributed by atoms with Crippen molar-refractivity contribution in [2.45, 2.75) is 12.4 Å². The first-order valence-electron chi connectivity index (χ1n) is 6.45. The zero-order chi connectivity index (χ0) is 13.8. The van der Waals surface area contributed by atoms with E-state index in [-0.39, 0.29) is 12.7 Å². The highest BCUT2D eigenvalue weighted by molar-refractivity contribution is 5.46. The summed E-state index contributed by atoms with van der Waals surface area (Å²) in [5, 5.41) is 8.94. The predicted molar refractivity (Wildman–Crippen MR) is 70.8 cm³/mol. The summed E-state index contributed by atoms with van der Waals surface area (Å²) in [5.41, 5.74) is 0.919. The van der Waals surface area contributed by atoms with E-state index < -0.39 is 6.29 Å². The number of para-hydroxylation sites is 2. The lowest BCUT2D eigenvalue weighted by molar-refractivity contribution is -0.0916. The molecule has 106 valence electrons. The monoisotopic (exact) mass is 276 g/mol. The molecule has 20 heavy (non-hydrogen) atoms. The van der Waals surface area contributed by atoms with Gasteiger partial charge in [-0.3, -0.25) is 0 Å². The van der Waals surface area contributed by atoms with E-state index in [0.29, 0.717) is 13.2 Å². The first kappa shape index (κ1) is 13.1. The van der Waals surface area contributed by atoms with Crippen LogP contribution in [0.3, 0.4) is 0 Å². The van der Waals surface area contributed by atoms with E-state index in [1.165, 1.54) is 0 Å². The number of rotatable bonds is 5. The van der Waals surface area contributed by atoms with Crippen LogP contribution in [0.2, 0.25) is 0 Å². The van der Waals surface area contributed by atoms with Crippen molar-refractivity contribution >= 4 is 0 Å². The van der Waals surface area contributed by atoms with Crippen molar-refractivity contribution in [1.82, 2.24) is 9.55 Å². The molecule has 2 unspecified atom stereocenters. The average Bonchev–Trinajstić information content (AvgIpc) is 3.17. The summed E-state index contributed by atoms with van der Waals surface area (Å²) >= 11 is 0. The molecule has 0 spiro atoms. The average molecular weight is 276 g/mol. The standard InChI is InChI=1S/C14H16N2O4/c17-7-14-19-9-11(20-14)8-18-13-4-2-1-3-12(13)16-6-5-15-10-16/h1-6,10-11,14,17H,7-9H2. The second-order valence-electron chi connectivity index (χ2n) is 4.45. The van der Waals surface area contributed by atoms with E-state index in [1.54, 1.807) is 12.5 Å². The summed E-state index contributed by atoms with van der Waals surface area (Å²) in [7, 11) is 0. The van der Waals surface area contributed by atoms with Crippen LogP contribution in [0.25, 0.3) is 5.69 Å². The fourth-order valence-electron chi connectivity index (χ4n) is 2.07. The summed E-state index contributed by atoms with van der Waals surface area (Å²) < 4.78 is 18.4. The summed E-state index contributed by atoms with van der Waals surface area (Å²) in [5.74, 6) is 0.751. The number of imidazole rings is 1. The molecule has 1 aliphatic rings. The smallest absolute Gasteiger partial charge is 0.181 e. The number of hydrogen-bond acceptors (Lipinski definition) is 5. The fourth-order valence-corrected chi connectivity index (χ4v) is 2.07. The predicted octanol–water partition coefficient (Wildman–Crippen LogP) is 0.985. The van der Waals surface area contributed by atoms with Crippen molar-refractivity contribution in [3.8, 4) is 11.4 Å². The number of nitrogens with zero attached hydrogens (tertiary/aromatic N) is 2. The molecule has 0 aliphatic carbocycles. The molecule has 6 nitrogen and oxygen atoms in total. The van der Waals surface area contributed by atoms with Crippen molar-refractivity contribution in [2.75, 3.05) is 19.8 Å². The van der Waals surface area contributed by atoms with Gasteiger partial charge >= 0.3 is 0 Å². The van der Waals surface area contributed by atoms with E-state index in [1.807, 2.05) is 35.0 Å². The third-order valence-electron chi connectivity index (χ3n) is 3.03. The lowest BCUT2D eigenvalue weighted by Gasteiger charge is -2.14. The van der Waals surface area contributed by atoms with Gasteiger partial charge in [0.25, 0.3) is 0 Å². The minimum Gasteiger partial charge on any atom is -0.489 e. The molecule has 1 fully saturated rings. The second-order valence-corrected chi connectivity index (χ2v) is 4.45. The summed E-state index contributed by atoms with van der Waals surface area (Å²) in [6, 6.07) is 7.71. The topological polar surface area (TPSA) is 65.7 Å². The Morgan fingerprint density at radius 3 is 3.05 bits per heavy atom. The Morgan fingerprint density at radius 1 is 1.40 bits per heavy atom. The molecule has 1 aliphatic heterocycles. The molecule has 1 N–H and O–H groups in total. The highest BCUT2D eigenvalue weighted by Gasteiger charge is 2.26. The molecular weight excluding hydrogens is 260 g/mol. The van der Waals surface area contributed by atoms with Gasteiger partial charge in [0, 0.05) is 12.4 Å². The lowest BCUT2D eigenvalue weighted by Crippen LogP contribution is -2.22. The van der Waals surface area contributed by atoms with Gasteiger partial charge in [0.2, 0.25) is 0 Å². The van der Waals surface area contributed by atoms with Gasteiger partial charge in [-0.2, -0.15) is 0 Å². The molecule has 6 heteroatoms. The Kier molecular flexibility index (Phi) is 3.96. The van der Waals surface area contributed by atoms with Crippen molar-refractivity contribution < 1.29 is 19.3 Å². The third-order valence-corrected chi connectivity index (χ3v) is 3.03. The molecule has 0 amide bonds. The molecule has 2 aromatic rings. The Bertz CT molecular complexity index is 544. The van der Waals surface area contributed by atoms with Crippen LogP contribution in [0.5, 0.6) is 5.75 Å². The van der Waals surface area contributed by atoms with Crippen LogP contribution in [0.15, 0.2) is 43.0 Å². The maximum Gasteiger partial charge on any atom is 0.181 e. The minimum absolute atomic E-state index is 0.137. The third kappa shape index (κ3) is 2.82. The van der Waals surface area contributed by atoms with Crippen molar-refractivity contribution in [1.29, 1.82) is 0 Å². The van der Waals surface area contributed by atoms with Gasteiger partial charge in [-0.25, -0.2) is 4.98 Å². The van der Waals surface area contributed by atoms with Crippen LogP contribution in [0, 0.1) is 0 Å². The van der Waals surface area contributed by atoms with Gasteiger partial charge in [0.15, 0.2) is 6.29 Å². The molecule has 1 aromatic carbocycles. The van der Waals surface area contributed by atoms with E-state index in [2.05, 4.69) is 4.98 Å². The number of aliphatic hydroxyl groups excluding tert-OH is 1. The first-order chi connectivity index (χ1) is 9.86.